The van der Waals surface area contributed by atoms with E-state index in [0.29, 0.717) is 41.6 Å². The number of phenolic OH excluding ortho intramolecular Hbond substituents is 1. The van der Waals surface area contributed by atoms with Crippen molar-refractivity contribution in [3.05, 3.63) is 113 Å². The van der Waals surface area contributed by atoms with Crippen LogP contribution in [0, 0.1) is 23.7 Å². The number of hydrogen-bond acceptors (Lipinski definition) is 6. The lowest BCUT2D eigenvalue weighted by Gasteiger charge is -2.55. The highest BCUT2D eigenvalue weighted by molar-refractivity contribution is 6.31. The maximum atomic E-state index is 15.0. The number of amides is 2. The highest BCUT2D eigenvalue weighted by atomic mass is 16.5. The third kappa shape index (κ3) is 4.09. The summed E-state index contributed by atoms with van der Waals surface area (Å²) in [7, 11) is 1.47. The molecule has 45 heavy (non-hydrogen) atoms. The Hall–Kier alpha value is -4.78. The summed E-state index contributed by atoms with van der Waals surface area (Å²) in [6.07, 6.45) is 4.72. The average Bonchev–Trinajstić information content (AvgIpc) is 3.31. The third-order valence-corrected chi connectivity index (χ3v) is 10.5. The summed E-state index contributed by atoms with van der Waals surface area (Å²) in [5, 5.41) is 11.7. The lowest BCUT2D eigenvalue weighted by Crippen LogP contribution is -2.58. The van der Waals surface area contributed by atoms with Gasteiger partial charge in [0.15, 0.2) is 23.1 Å². The number of rotatable bonds is 6. The zero-order valence-corrected chi connectivity index (χ0v) is 25.3. The number of likely N-dealkylation sites (tertiary alicyclic amines) is 1. The van der Waals surface area contributed by atoms with Crippen molar-refractivity contribution in [1.82, 2.24) is 4.90 Å². The van der Waals surface area contributed by atoms with E-state index >= 15 is 0 Å². The second-order valence-corrected chi connectivity index (χ2v) is 12.5. The summed E-state index contributed by atoms with van der Waals surface area (Å²) >= 11 is 0. The Morgan fingerprint density at radius 1 is 0.889 bits per heavy atom. The van der Waals surface area contributed by atoms with Gasteiger partial charge in [0, 0.05) is 29.5 Å². The first kappa shape index (κ1) is 29.0. The SMILES string of the molecule is CCCN1C(=O)[C@H]2[C@H](CC=C3[C@H]2C[C@H]2C(=O)C(c4ccccc4)=CC(=O)[C@@]2(c2ccccc2)[C@H]3c2cccc(OC)c2O)C1=O. The molecule has 228 valence electrons. The van der Waals surface area contributed by atoms with Gasteiger partial charge in [-0.15, -0.1) is 0 Å². The number of imide groups is 1. The van der Waals surface area contributed by atoms with Gasteiger partial charge in [-0.1, -0.05) is 91.4 Å². The van der Waals surface area contributed by atoms with Gasteiger partial charge in [-0.05, 0) is 48.4 Å². The van der Waals surface area contributed by atoms with Gasteiger partial charge in [-0.3, -0.25) is 24.1 Å². The Kier molecular flexibility index (Phi) is 7.07. The quantitative estimate of drug-likeness (QED) is 0.290. The molecule has 1 aliphatic heterocycles. The number of Topliss-reactive ketones (excluding diaryl/α,β-unsaturated/α-hetero) is 1. The van der Waals surface area contributed by atoms with E-state index in [0.717, 1.165) is 5.57 Å². The Morgan fingerprint density at radius 2 is 1.60 bits per heavy atom. The van der Waals surface area contributed by atoms with Crippen molar-refractivity contribution < 1.29 is 29.0 Å². The van der Waals surface area contributed by atoms with E-state index in [2.05, 4.69) is 0 Å². The third-order valence-electron chi connectivity index (χ3n) is 10.5. The van der Waals surface area contributed by atoms with Crippen molar-refractivity contribution in [3.63, 3.8) is 0 Å². The number of carbonyl (C=O) groups excluding carboxylic acids is 4. The number of fused-ring (bicyclic) bond motifs is 4. The van der Waals surface area contributed by atoms with Crippen LogP contribution in [0.15, 0.2) is 96.6 Å². The fourth-order valence-electron chi connectivity index (χ4n) is 8.66. The molecule has 7 rings (SSSR count). The molecule has 2 fully saturated rings. The molecule has 1 heterocycles. The fourth-order valence-corrected chi connectivity index (χ4v) is 8.66. The van der Waals surface area contributed by atoms with Crippen LogP contribution < -0.4 is 4.74 Å². The summed E-state index contributed by atoms with van der Waals surface area (Å²) in [6.45, 7) is 2.29. The number of nitrogens with zero attached hydrogens (tertiary/aromatic N) is 1. The molecule has 0 spiro atoms. The van der Waals surface area contributed by atoms with Gasteiger partial charge in [0.1, 0.15) is 0 Å². The van der Waals surface area contributed by atoms with E-state index in [9.17, 15) is 24.3 Å². The van der Waals surface area contributed by atoms with Crippen LogP contribution in [0.2, 0.25) is 0 Å². The Labute approximate surface area is 262 Å². The molecule has 3 aliphatic carbocycles. The maximum absolute atomic E-state index is 15.0. The Morgan fingerprint density at radius 3 is 2.29 bits per heavy atom. The van der Waals surface area contributed by atoms with Gasteiger partial charge in [-0.2, -0.15) is 0 Å². The van der Waals surface area contributed by atoms with Gasteiger partial charge in [0.05, 0.1) is 24.4 Å². The maximum Gasteiger partial charge on any atom is 0.233 e. The van der Waals surface area contributed by atoms with Crippen molar-refractivity contribution in [2.45, 2.75) is 37.5 Å². The number of para-hydroxylation sites is 1. The summed E-state index contributed by atoms with van der Waals surface area (Å²) in [6, 6.07) is 23.7. The van der Waals surface area contributed by atoms with Crippen molar-refractivity contribution in [1.29, 1.82) is 0 Å². The van der Waals surface area contributed by atoms with E-state index in [1.807, 2.05) is 73.7 Å². The summed E-state index contributed by atoms with van der Waals surface area (Å²) in [5.74, 6) is -3.90. The molecule has 1 saturated carbocycles. The molecule has 1 N–H and O–H groups in total. The molecule has 0 bridgehead atoms. The number of hydrogen-bond donors (Lipinski definition) is 1. The standard InChI is InChI=1S/C38H35NO6/c1-3-19-39-36(43)25-18-17-24-28(32(25)37(39)44)20-29-34(41)27(22-11-6-4-7-12-22)21-31(40)38(29,23-13-8-5-9-14-23)33(24)26-15-10-16-30(45-2)35(26)42/h4-17,21,25,28-29,32-33,42H,3,18-20H2,1-2H3/t25-,28+,29-,32-,33+,38-/m0/s1. The Bertz CT molecular complexity index is 1780. The van der Waals surface area contributed by atoms with Gasteiger partial charge in [0.2, 0.25) is 11.8 Å². The lowest BCUT2D eigenvalue weighted by molar-refractivity contribution is -0.140. The minimum absolute atomic E-state index is 0.109. The number of benzene rings is 3. The second-order valence-electron chi connectivity index (χ2n) is 12.5. The van der Waals surface area contributed by atoms with E-state index in [1.54, 1.807) is 18.2 Å². The fraction of sp³-hybridized carbons (Fsp3) is 0.316. The van der Waals surface area contributed by atoms with Crippen molar-refractivity contribution in [2.24, 2.45) is 23.7 Å². The normalized spacial score (nSPS) is 29.0. The van der Waals surface area contributed by atoms with E-state index < -0.39 is 35.0 Å². The smallest absolute Gasteiger partial charge is 0.233 e. The molecular formula is C38H35NO6. The predicted molar refractivity (Wildman–Crippen MR) is 168 cm³/mol. The van der Waals surface area contributed by atoms with Crippen LogP contribution in [0.4, 0.5) is 0 Å². The monoisotopic (exact) mass is 601 g/mol. The molecule has 0 radical (unpaired) electrons. The predicted octanol–water partition coefficient (Wildman–Crippen LogP) is 5.64. The number of phenols is 1. The zero-order valence-electron chi connectivity index (χ0n) is 25.3. The van der Waals surface area contributed by atoms with Crippen LogP contribution in [-0.4, -0.2) is 47.0 Å². The number of allylic oxidation sites excluding steroid dienone is 4. The van der Waals surface area contributed by atoms with Gasteiger partial charge in [-0.25, -0.2) is 0 Å². The number of aromatic hydroxyl groups is 1. The van der Waals surface area contributed by atoms with Crippen LogP contribution in [0.1, 0.15) is 48.8 Å². The largest absolute Gasteiger partial charge is 0.504 e. The molecular weight excluding hydrogens is 566 g/mol. The molecule has 7 heteroatoms. The van der Waals surface area contributed by atoms with Crippen LogP contribution in [0.5, 0.6) is 11.5 Å². The van der Waals surface area contributed by atoms with Gasteiger partial charge < -0.3 is 9.84 Å². The minimum atomic E-state index is -1.40. The van der Waals surface area contributed by atoms with Crippen molar-refractivity contribution in [2.75, 3.05) is 13.7 Å². The number of ketones is 2. The van der Waals surface area contributed by atoms with Crippen LogP contribution in [-0.2, 0) is 24.6 Å². The molecule has 3 aromatic rings. The van der Waals surface area contributed by atoms with E-state index in [1.165, 1.54) is 18.1 Å². The first-order chi connectivity index (χ1) is 21.8. The second kappa shape index (κ2) is 11.0. The molecule has 6 atom stereocenters. The van der Waals surface area contributed by atoms with E-state index in [4.69, 9.17) is 4.74 Å². The molecule has 3 aromatic carbocycles. The number of carbonyl (C=O) groups is 4. The number of methoxy groups -OCH3 is 1. The topological polar surface area (TPSA) is 101 Å². The summed E-state index contributed by atoms with van der Waals surface area (Å²) in [4.78, 5) is 58.7. The van der Waals surface area contributed by atoms with Gasteiger partial charge in [0.25, 0.3) is 0 Å². The molecule has 7 nitrogen and oxygen atoms in total. The first-order valence-corrected chi connectivity index (χ1v) is 15.7. The molecule has 2 amide bonds. The Balaban J connectivity index is 1.52. The lowest BCUT2D eigenvalue weighted by atomic mass is 9.44. The van der Waals surface area contributed by atoms with E-state index in [-0.39, 0.29) is 41.3 Å². The first-order valence-electron chi connectivity index (χ1n) is 15.7. The van der Waals surface area contributed by atoms with Crippen LogP contribution in [0.3, 0.4) is 0 Å². The molecule has 1 saturated heterocycles. The highest BCUT2D eigenvalue weighted by Crippen LogP contribution is 2.64. The molecule has 0 unspecified atom stereocenters. The summed E-state index contributed by atoms with van der Waals surface area (Å²) < 4.78 is 5.51. The highest BCUT2D eigenvalue weighted by Gasteiger charge is 2.66. The summed E-state index contributed by atoms with van der Waals surface area (Å²) in [5.41, 5.74) is 1.54. The van der Waals surface area contributed by atoms with Crippen LogP contribution >= 0.6 is 0 Å². The number of ether oxygens (including phenoxy) is 1. The van der Waals surface area contributed by atoms with Crippen molar-refractivity contribution >= 4 is 29.0 Å². The molecule has 0 aromatic heterocycles. The van der Waals surface area contributed by atoms with Crippen LogP contribution in [0.25, 0.3) is 5.57 Å². The van der Waals surface area contributed by atoms with Gasteiger partial charge >= 0.3 is 0 Å². The average molecular weight is 602 g/mol. The van der Waals surface area contributed by atoms with Crippen molar-refractivity contribution in [3.8, 4) is 11.5 Å². The molecule has 4 aliphatic rings. The zero-order chi connectivity index (χ0) is 31.5. The minimum Gasteiger partial charge on any atom is -0.504 e.